The topological polar surface area (TPSA) is 46.6 Å². The first-order chi connectivity index (χ1) is 10.5. The minimum atomic E-state index is -3.27. The van der Waals surface area contributed by atoms with Crippen molar-refractivity contribution >= 4 is 10.1 Å². The Morgan fingerprint density at radius 3 is 2.45 bits per heavy atom. The van der Waals surface area contributed by atoms with Crippen molar-refractivity contribution < 1.29 is 12.6 Å². The van der Waals surface area contributed by atoms with Crippen LogP contribution in [0.15, 0.2) is 30.3 Å². The molecule has 1 aliphatic rings. The van der Waals surface area contributed by atoms with Crippen LogP contribution >= 0.6 is 0 Å². The molecule has 124 valence electrons. The van der Waals surface area contributed by atoms with E-state index in [1.807, 2.05) is 0 Å². The first kappa shape index (κ1) is 17.4. The molecule has 0 spiro atoms. The normalized spacial score (nSPS) is 17.7. The molecule has 0 atom stereocenters. The zero-order chi connectivity index (χ0) is 15.8. The number of unbranched alkanes of at least 4 members (excludes halogenated alkanes) is 1. The van der Waals surface area contributed by atoms with Gasteiger partial charge in [0.15, 0.2) is 0 Å². The maximum atomic E-state index is 10.9. The maximum Gasteiger partial charge on any atom is 0.264 e. The van der Waals surface area contributed by atoms with Crippen LogP contribution in [-0.2, 0) is 20.8 Å². The largest absolute Gasteiger partial charge is 0.299 e. The highest BCUT2D eigenvalue weighted by molar-refractivity contribution is 7.85. The second kappa shape index (κ2) is 8.65. The molecule has 5 heteroatoms. The van der Waals surface area contributed by atoms with Crippen LogP contribution in [0.25, 0.3) is 0 Å². The minimum Gasteiger partial charge on any atom is -0.299 e. The third kappa shape index (κ3) is 6.90. The number of nitrogens with zero attached hydrogens (tertiary/aromatic N) is 1. The van der Waals surface area contributed by atoms with E-state index in [0.717, 1.165) is 31.6 Å². The van der Waals surface area contributed by atoms with Crippen LogP contribution in [-0.4, -0.2) is 39.3 Å². The third-order valence-electron chi connectivity index (χ3n) is 4.26. The molecule has 0 aromatic heterocycles. The number of rotatable bonds is 8. The van der Waals surface area contributed by atoms with Gasteiger partial charge in [-0.25, -0.2) is 0 Å². The van der Waals surface area contributed by atoms with Gasteiger partial charge in [-0.2, -0.15) is 8.42 Å². The molecule has 1 aromatic carbocycles. The smallest absolute Gasteiger partial charge is 0.264 e. The fourth-order valence-corrected chi connectivity index (χ4v) is 3.44. The van der Waals surface area contributed by atoms with Gasteiger partial charge < -0.3 is 0 Å². The lowest BCUT2D eigenvalue weighted by atomic mass is 9.91. The summed E-state index contributed by atoms with van der Waals surface area (Å²) in [6.45, 7) is 3.71. The first-order valence-electron chi connectivity index (χ1n) is 8.13. The lowest BCUT2D eigenvalue weighted by Crippen LogP contribution is -2.33. The van der Waals surface area contributed by atoms with Gasteiger partial charge in [0.1, 0.15) is 0 Å². The Labute approximate surface area is 134 Å². The average Bonchev–Trinajstić information content (AvgIpc) is 2.48. The highest BCUT2D eigenvalue weighted by Gasteiger charge is 2.18. The van der Waals surface area contributed by atoms with E-state index in [2.05, 4.69) is 35.2 Å². The van der Waals surface area contributed by atoms with E-state index in [0.29, 0.717) is 6.61 Å². The van der Waals surface area contributed by atoms with E-state index in [1.165, 1.54) is 37.9 Å². The zero-order valence-corrected chi connectivity index (χ0v) is 14.2. The van der Waals surface area contributed by atoms with Crippen LogP contribution in [0.1, 0.15) is 37.7 Å². The van der Waals surface area contributed by atoms with Crippen LogP contribution in [0.4, 0.5) is 0 Å². The van der Waals surface area contributed by atoms with Crippen LogP contribution in [0.3, 0.4) is 0 Å². The van der Waals surface area contributed by atoms with Crippen molar-refractivity contribution in [1.29, 1.82) is 0 Å². The number of benzene rings is 1. The molecule has 0 amide bonds. The van der Waals surface area contributed by atoms with E-state index >= 15 is 0 Å². The van der Waals surface area contributed by atoms with Gasteiger partial charge in [-0.05, 0) is 43.8 Å². The van der Waals surface area contributed by atoms with Crippen LogP contribution in [0.5, 0.6) is 0 Å². The van der Waals surface area contributed by atoms with Gasteiger partial charge in [0.25, 0.3) is 10.1 Å². The van der Waals surface area contributed by atoms with Gasteiger partial charge in [0.05, 0.1) is 12.9 Å². The maximum absolute atomic E-state index is 10.9. The summed E-state index contributed by atoms with van der Waals surface area (Å²) < 4.78 is 26.5. The van der Waals surface area contributed by atoms with E-state index in [-0.39, 0.29) is 0 Å². The van der Waals surface area contributed by atoms with E-state index < -0.39 is 10.1 Å². The van der Waals surface area contributed by atoms with E-state index in [1.54, 1.807) is 0 Å². The van der Waals surface area contributed by atoms with Gasteiger partial charge in [-0.1, -0.05) is 43.2 Å². The van der Waals surface area contributed by atoms with Crippen molar-refractivity contribution in [3.63, 3.8) is 0 Å². The van der Waals surface area contributed by atoms with Crippen molar-refractivity contribution in [3.05, 3.63) is 35.9 Å². The Kier molecular flexibility index (Phi) is 6.86. The van der Waals surface area contributed by atoms with E-state index in [4.69, 9.17) is 4.18 Å². The number of hydrogen-bond acceptors (Lipinski definition) is 4. The SMILES string of the molecule is CS(=O)(=O)OCCCCC1CCN(Cc2ccccc2)CC1. The molecule has 4 nitrogen and oxygen atoms in total. The second-order valence-corrected chi connectivity index (χ2v) is 7.87. The predicted molar refractivity (Wildman–Crippen MR) is 89.1 cm³/mol. The van der Waals surface area contributed by atoms with Gasteiger partial charge in [0, 0.05) is 6.54 Å². The Morgan fingerprint density at radius 2 is 1.82 bits per heavy atom. The first-order valence-corrected chi connectivity index (χ1v) is 9.95. The summed E-state index contributed by atoms with van der Waals surface area (Å²) >= 11 is 0. The summed E-state index contributed by atoms with van der Waals surface area (Å²) in [5.41, 5.74) is 1.39. The molecule has 1 aliphatic heterocycles. The minimum absolute atomic E-state index is 0.325. The molecule has 2 rings (SSSR count). The quantitative estimate of drug-likeness (QED) is 0.544. The van der Waals surface area contributed by atoms with Crippen molar-refractivity contribution in [1.82, 2.24) is 4.90 Å². The fourth-order valence-electron chi connectivity index (χ4n) is 3.02. The van der Waals surface area contributed by atoms with Crippen molar-refractivity contribution in [2.24, 2.45) is 5.92 Å². The highest BCUT2D eigenvalue weighted by Crippen LogP contribution is 2.23. The molecule has 0 bridgehead atoms. The molecular formula is C17H27NO3S. The van der Waals surface area contributed by atoms with Crippen LogP contribution in [0, 0.1) is 5.92 Å². The molecule has 1 heterocycles. The fraction of sp³-hybridized carbons (Fsp3) is 0.647. The van der Waals surface area contributed by atoms with Gasteiger partial charge in [-0.15, -0.1) is 0 Å². The summed E-state index contributed by atoms with van der Waals surface area (Å²) in [4.78, 5) is 2.53. The molecule has 0 N–H and O–H groups in total. The molecular weight excluding hydrogens is 298 g/mol. The molecule has 22 heavy (non-hydrogen) atoms. The molecule has 0 saturated carbocycles. The van der Waals surface area contributed by atoms with Gasteiger partial charge in [0.2, 0.25) is 0 Å². The number of hydrogen-bond donors (Lipinski definition) is 0. The van der Waals surface area contributed by atoms with Crippen molar-refractivity contribution in [3.8, 4) is 0 Å². The molecule has 0 aliphatic carbocycles. The number of likely N-dealkylation sites (tertiary alicyclic amines) is 1. The molecule has 1 fully saturated rings. The van der Waals surface area contributed by atoms with Crippen LogP contribution in [0.2, 0.25) is 0 Å². The average molecular weight is 325 g/mol. The van der Waals surface area contributed by atoms with Gasteiger partial charge in [-0.3, -0.25) is 9.08 Å². The molecule has 1 saturated heterocycles. The Hall–Kier alpha value is -0.910. The molecule has 0 unspecified atom stereocenters. The van der Waals surface area contributed by atoms with Gasteiger partial charge >= 0.3 is 0 Å². The summed E-state index contributed by atoms with van der Waals surface area (Å²) in [6, 6.07) is 10.6. The van der Waals surface area contributed by atoms with Crippen molar-refractivity contribution in [2.75, 3.05) is 26.0 Å². The molecule has 0 radical (unpaired) electrons. The lowest BCUT2D eigenvalue weighted by molar-refractivity contribution is 0.169. The molecule has 1 aromatic rings. The Morgan fingerprint density at radius 1 is 1.14 bits per heavy atom. The number of piperidine rings is 1. The summed E-state index contributed by atoms with van der Waals surface area (Å²) in [5, 5.41) is 0. The zero-order valence-electron chi connectivity index (χ0n) is 13.4. The standard InChI is InChI=1S/C17H27NO3S/c1-22(19,20)21-14-6-5-7-16-10-12-18(13-11-16)15-17-8-3-2-4-9-17/h2-4,8-9,16H,5-7,10-15H2,1H3. The second-order valence-electron chi connectivity index (χ2n) is 6.23. The summed E-state index contributed by atoms with van der Waals surface area (Å²) in [5.74, 6) is 0.783. The summed E-state index contributed by atoms with van der Waals surface area (Å²) in [7, 11) is -3.27. The van der Waals surface area contributed by atoms with Crippen molar-refractivity contribution in [2.45, 2.75) is 38.6 Å². The summed E-state index contributed by atoms with van der Waals surface area (Å²) in [6.07, 6.45) is 6.68. The third-order valence-corrected chi connectivity index (χ3v) is 4.86. The Bertz CT molecular complexity index is 522. The highest BCUT2D eigenvalue weighted by atomic mass is 32.2. The lowest BCUT2D eigenvalue weighted by Gasteiger charge is -2.32. The van der Waals surface area contributed by atoms with Crippen LogP contribution < -0.4 is 0 Å². The monoisotopic (exact) mass is 325 g/mol. The Balaban J connectivity index is 1.57. The predicted octanol–water partition coefficient (Wildman–Crippen LogP) is 3.05. The van der Waals surface area contributed by atoms with E-state index in [9.17, 15) is 8.42 Å².